The van der Waals surface area contributed by atoms with Gasteiger partial charge in [0.15, 0.2) is 0 Å². The van der Waals surface area contributed by atoms with E-state index in [0.717, 1.165) is 11.1 Å². The molecule has 5 nitrogen and oxygen atoms in total. The highest BCUT2D eigenvalue weighted by atomic mass is 16.5. The Balaban J connectivity index is 2.10. The third kappa shape index (κ3) is 4.26. The minimum Gasteiger partial charge on any atom is -0.497 e. The third-order valence-corrected chi connectivity index (χ3v) is 3.73. The molecule has 1 amide bonds. The lowest BCUT2D eigenvalue weighted by atomic mass is 10.1. The van der Waals surface area contributed by atoms with Crippen LogP contribution in [0.5, 0.6) is 11.5 Å². The number of benzene rings is 2. The first-order valence-electron chi connectivity index (χ1n) is 7.51. The number of nitriles is 1. The van der Waals surface area contributed by atoms with Crippen LogP contribution in [0.1, 0.15) is 16.7 Å². The number of nitrogens with zero attached hydrogens (tertiary/aromatic N) is 2. The SMILES string of the molecule is COc1ccc(OC)c(CC(=O)N(C)Cc2cccc(C#N)c2)c1. The maximum Gasteiger partial charge on any atom is 0.227 e. The first-order chi connectivity index (χ1) is 11.6. The Morgan fingerprint density at radius 1 is 1.17 bits per heavy atom. The van der Waals surface area contributed by atoms with Gasteiger partial charge >= 0.3 is 0 Å². The summed E-state index contributed by atoms with van der Waals surface area (Å²) in [4.78, 5) is 14.1. The molecular formula is C19H20N2O3. The van der Waals surface area contributed by atoms with Crippen LogP contribution in [0.2, 0.25) is 0 Å². The Morgan fingerprint density at radius 3 is 2.62 bits per heavy atom. The van der Waals surface area contributed by atoms with Crippen LogP contribution in [0, 0.1) is 11.3 Å². The summed E-state index contributed by atoms with van der Waals surface area (Å²) in [7, 11) is 4.91. The van der Waals surface area contributed by atoms with Gasteiger partial charge in [0.2, 0.25) is 5.91 Å². The molecule has 24 heavy (non-hydrogen) atoms. The van der Waals surface area contributed by atoms with Crippen molar-refractivity contribution in [2.24, 2.45) is 0 Å². The van der Waals surface area contributed by atoms with E-state index in [1.807, 2.05) is 12.1 Å². The highest BCUT2D eigenvalue weighted by Gasteiger charge is 2.14. The van der Waals surface area contributed by atoms with Crippen molar-refractivity contribution in [2.75, 3.05) is 21.3 Å². The molecule has 124 valence electrons. The summed E-state index contributed by atoms with van der Waals surface area (Å²) < 4.78 is 10.5. The molecule has 0 radical (unpaired) electrons. The number of amides is 1. The number of ether oxygens (including phenoxy) is 2. The second-order valence-electron chi connectivity index (χ2n) is 5.42. The number of hydrogen-bond acceptors (Lipinski definition) is 4. The van der Waals surface area contributed by atoms with Gasteiger partial charge in [0, 0.05) is 19.2 Å². The average molecular weight is 324 g/mol. The monoisotopic (exact) mass is 324 g/mol. The molecule has 0 spiro atoms. The van der Waals surface area contributed by atoms with E-state index in [9.17, 15) is 4.79 Å². The van der Waals surface area contributed by atoms with E-state index >= 15 is 0 Å². The van der Waals surface area contributed by atoms with E-state index in [1.165, 1.54) is 0 Å². The van der Waals surface area contributed by atoms with Crippen molar-refractivity contribution in [1.29, 1.82) is 5.26 Å². The van der Waals surface area contributed by atoms with Gasteiger partial charge in [0.1, 0.15) is 11.5 Å². The van der Waals surface area contributed by atoms with Gasteiger partial charge in [-0.3, -0.25) is 4.79 Å². The van der Waals surface area contributed by atoms with E-state index < -0.39 is 0 Å². The molecule has 0 heterocycles. The Labute approximate surface area is 142 Å². The molecule has 0 aromatic heterocycles. The molecular weight excluding hydrogens is 304 g/mol. The zero-order valence-electron chi connectivity index (χ0n) is 14.1. The van der Waals surface area contributed by atoms with Crippen molar-refractivity contribution in [3.8, 4) is 17.6 Å². The van der Waals surface area contributed by atoms with Crippen LogP contribution in [0.4, 0.5) is 0 Å². The van der Waals surface area contributed by atoms with Crippen molar-refractivity contribution in [1.82, 2.24) is 4.90 Å². The van der Waals surface area contributed by atoms with Gasteiger partial charge in [-0.25, -0.2) is 0 Å². The largest absolute Gasteiger partial charge is 0.497 e. The highest BCUT2D eigenvalue weighted by molar-refractivity contribution is 5.79. The molecule has 0 N–H and O–H groups in total. The van der Waals surface area contributed by atoms with Crippen molar-refractivity contribution in [2.45, 2.75) is 13.0 Å². The number of carbonyl (C=O) groups excluding carboxylic acids is 1. The maximum atomic E-state index is 12.5. The molecule has 2 aromatic carbocycles. The van der Waals surface area contributed by atoms with Crippen LogP contribution in [0.3, 0.4) is 0 Å². The summed E-state index contributed by atoms with van der Waals surface area (Å²) >= 11 is 0. The average Bonchev–Trinajstić information content (AvgIpc) is 2.61. The van der Waals surface area contributed by atoms with Gasteiger partial charge < -0.3 is 14.4 Å². The van der Waals surface area contributed by atoms with Crippen molar-refractivity contribution in [3.63, 3.8) is 0 Å². The van der Waals surface area contributed by atoms with Crippen LogP contribution in [0.15, 0.2) is 42.5 Å². The van der Waals surface area contributed by atoms with Crippen LogP contribution in [-0.4, -0.2) is 32.1 Å². The lowest BCUT2D eigenvalue weighted by Crippen LogP contribution is -2.27. The van der Waals surface area contributed by atoms with E-state index in [1.54, 1.807) is 56.5 Å². The molecule has 0 saturated carbocycles. The quantitative estimate of drug-likeness (QED) is 0.820. The minimum absolute atomic E-state index is 0.0380. The fourth-order valence-electron chi connectivity index (χ4n) is 2.42. The molecule has 0 saturated heterocycles. The topological polar surface area (TPSA) is 62.6 Å². The normalized spacial score (nSPS) is 9.92. The zero-order chi connectivity index (χ0) is 17.5. The number of methoxy groups -OCH3 is 2. The van der Waals surface area contributed by atoms with Gasteiger partial charge in [-0.05, 0) is 35.9 Å². The van der Waals surface area contributed by atoms with E-state index in [0.29, 0.717) is 23.6 Å². The smallest absolute Gasteiger partial charge is 0.227 e. The fourth-order valence-corrected chi connectivity index (χ4v) is 2.42. The summed E-state index contributed by atoms with van der Waals surface area (Å²) in [5, 5.41) is 8.95. The Hall–Kier alpha value is -3.00. The molecule has 0 bridgehead atoms. The van der Waals surface area contributed by atoms with Crippen molar-refractivity contribution >= 4 is 5.91 Å². The molecule has 5 heteroatoms. The highest BCUT2D eigenvalue weighted by Crippen LogP contribution is 2.25. The van der Waals surface area contributed by atoms with Crippen molar-refractivity contribution < 1.29 is 14.3 Å². The van der Waals surface area contributed by atoms with Gasteiger partial charge in [-0.1, -0.05) is 12.1 Å². The number of likely N-dealkylation sites (N-methyl/N-ethyl adjacent to an activating group) is 1. The Kier molecular flexibility index (Phi) is 5.80. The van der Waals surface area contributed by atoms with Crippen molar-refractivity contribution in [3.05, 3.63) is 59.2 Å². The number of carbonyl (C=O) groups is 1. The Bertz CT molecular complexity index is 765. The second-order valence-corrected chi connectivity index (χ2v) is 5.42. The van der Waals surface area contributed by atoms with Crippen LogP contribution in [-0.2, 0) is 17.8 Å². The first-order valence-corrected chi connectivity index (χ1v) is 7.51. The summed E-state index contributed by atoms with van der Waals surface area (Å²) in [6, 6.07) is 14.7. The molecule has 0 unspecified atom stereocenters. The molecule has 0 atom stereocenters. The van der Waals surface area contributed by atoms with E-state index in [2.05, 4.69) is 6.07 Å². The van der Waals surface area contributed by atoms with Crippen LogP contribution < -0.4 is 9.47 Å². The summed E-state index contributed by atoms with van der Waals surface area (Å²) in [5.41, 5.74) is 2.28. The van der Waals surface area contributed by atoms with Crippen LogP contribution in [0.25, 0.3) is 0 Å². The zero-order valence-corrected chi connectivity index (χ0v) is 14.1. The van der Waals surface area contributed by atoms with Gasteiger partial charge in [0.25, 0.3) is 0 Å². The minimum atomic E-state index is -0.0380. The van der Waals surface area contributed by atoms with Gasteiger partial charge in [-0.2, -0.15) is 5.26 Å². The molecule has 2 rings (SSSR count). The first kappa shape index (κ1) is 17.4. The molecule has 0 aliphatic rings. The summed E-state index contributed by atoms with van der Waals surface area (Å²) in [6.07, 6.45) is 0.217. The predicted octanol–water partition coefficient (Wildman–Crippen LogP) is 2.78. The van der Waals surface area contributed by atoms with Crippen LogP contribution >= 0.6 is 0 Å². The lowest BCUT2D eigenvalue weighted by Gasteiger charge is -2.18. The predicted molar refractivity (Wildman–Crippen MR) is 90.9 cm³/mol. The number of rotatable bonds is 6. The van der Waals surface area contributed by atoms with E-state index in [4.69, 9.17) is 14.7 Å². The molecule has 0 aliphatic carbocycles. The standard InChI is InChI=1S/C19H20N2O3/c1-21(13-15-6-4-5-14(9-15)12-20)19(22)11-16-10-17(23-2)7-8-18(16)24-3/h4-10H,11,13H2,1-3H3. The lowest BCUT2D eigenvalue weighted by molar-refractivity contribution is -0.129. The molecule has 2 aromatic rings. The van der Waals surface area contributed by atoms with E-state index in [-0.39, 0.29) is 12.3 Å². The summed E-state index contributed by atoms with van der Waals surface area (Å²) in [6.45, 7) is 0.445. The fraction of sp³-hybridized carbons (Fsp3) is 0.263. The number of hydrogen-bond donors (Lipinski definition) is 0. The van der Waals surface area contributed by atoms with Gasteiger partial charge in [0.05, 0.1) is 32.3 Å². The third-order valence-electron chi connectivity index (χ3n) is 3.73. The maximum absolute atomic E-state index is 12.5. The molecule has 0 aliphatic heterocycles. The molecule has 0 fully saturated rings. The van der Waals surface area contributed by atoms with Gasteiger partial charge in [-0.15, -0.1) is 0 Å². The second kappa shape index (κ2) is 8.02. The summed E-state index contributed by atoms with van der Waals surface area (Å²) in [5.74, 6) is 1.30. The Morgan fingerprint density at radius 2 is 1.96 bits per heavy atom.